The average molecular weight is 549 g/mol. The molecule has 4 rings (SSSR count). The van der Waals surface area contributed by atoms with Crippen molar-refractivity contribution in [3.05, 3.63) is 100 Å². The zero-order valence-electron chi connectivity index (χ0n) is 20.9. The number of anilines is 1. The minimum Gasteiger partial charge on any atom is -0.507 e. The number of nitro benzene ring substituents is 1. The summed E-state index contributed by atoms with van der Waals surface area (Å²) >= 11 is 0. The molecule has 0 aliphatic carbocycles. The zero-order chi connectivity index (χ0) is 28.2. The number of nitrogens with one attached hydrogen (secondary N) is 1. The van der Waals surface area contributed by atoms with E-state index in [2.05, 4.69) is 10.5 Å². The maximum absolute atomic E-state index is 13.6. The van der Waals surface area contributed by atoms with E-state index in [4.69, 9.17) is 4.74 Å². The lowest BCUT2D eigenvalue weighted by Gasteiger charge is -2.24. The van der Waals surface area contributed by atoms with Crippen molar-refractivity contribution in [2.24, 2.45) is 5.10 Å². The number of fused-ring (bicyclic) bond motifs is 1. The summed E-state index contributed by atoms with van der Waals surface area (Å²) in [7, 11) is -2.97. The Morgan fingerprint density at radius 2 is 1.82 bits per heavy atom. The van der Waals surface area contributed by atoms with E-state index in [0.29, 0.717) is 22.3 Å². The number of aromatic hydroxyl groups is 1. The minimum atomic E-state index is -4.42. The van der Waals surface area contributed by atoms with Gasteiger partial charge in [0.2, 0.25) is 0 Å². The second kappa shape index (κ2) is 11.2. The second-order valence-corrected chi connectivity index (χ2v) is 10.3. The van der Waals surface area contributed by atoms with Crippen molar-refractivity contribution in [2.45, 2.75) is 11.8 Å². The molecule has 0 unspecified atom stereocenters. The Balaban J connectivity index is 1.64. The third-order valence-corrected chi connectivity index (χ3v) is 7.71. The molecule has 2 N–H and O–H groups in total. The first-order chi connectivity index (χ1) is 18.6. The van der Waals surface area contributed by atoms with Gasteiger partial charge >= 0.3 is 0 Å². The summed E-state index contributed by atoms with van der Waals surface area (Å²) in [6.45, 7) is 0.810. The number of amides is 1. The lowest BCUT2D eigenvalue weighted by Crippen LogP contribution is -2.39. The molecule has 0 aromatic heterocycles. The fraction of sp³-hybridized carbons (Fsp3) is 0.111. The average Bonchev–Trinajstić information content (AvgIpc) is 2.93. The Morgan fingerprint density at radius 3 is 2.51 bits per heavy atom. The van der Waals surface area contributed by atoms with Crippen molar-refractivity contribution in [3.63, 3.8) is 0 Å². The topological polar surface area (TPSA) is 151 Å². The summed E-state index contributed by atoms with van der Waals surface area (Å²) in [5.74, 6) is -0.367. The monoisotopic (exact) mass is 548 g/mol. The highest BCUT2D eigenvalue weighted by Gasteiger charge is 2.29. The number of sulfonamides is 1. The van der Waals surface area contributed by atoms with Crippen LogP contribution in [0.5, 0.6) is 11.5 Å². The number of nitro groups is 1. The van der Waals surface area contributed by atoms with E-state index in [1.54, 1.807) is 18.2 Å². The lowest BCUT2D eigenvalue weighted by atomic mass is 10.0. The molecular weight excluding hydrogens is 524 g/mol. The van der Waals surface area contributed by atoms with Crippen LogP contribution in [0.4, 0.5) is 11.4 Å². The Kier molecular flexibility index (Phi) is 7.77. The van der Waals surface area contributed by atoms with Crippen molar-refractivity contribution < 1.29 is 28.0 Å². The number of carbonyl (C=O) groups is 1. The summed E-state index contributed by atoms with van der Waals surface area (Å²) in [6, 6.07) is 20.0. The smallest absolute Gasteiger partial charge is 0.273 e. The predicted octanol–water partition coefficient (Wildman–Crippen LogP) is 4.12. The van der Waals surface area contributed by atoms with Crippen molar-refractivity contribution >= 4 is 44.3 Å². The fourth-order valence-corrected chi connectivity index (χ4v) is 5.33. The molecule has 0 fully saturated rings. The molecule has 200 valence electrons. The summed E-state index contributed by atoms with van der Waals surface area (Å²) < 4.78 is 33.2. The zero-order valence-corrected chi connectivity index (χ0v) is 21.8. The standard InChI is InChI=1S/C27H24N4O7S/c1-18-7-13-22(15-25(18)31(34)35)39(36,37)30(20-9-11-21(38-2)12-10-20)17-27(33)29-28-16-24-23-6-4-3-5-19(23)8-14-26(24)32/h3-16,32H,17H2,1-2H3,(H,29,33)/b28-16+. The van der Waals surface area contributed by atoms with Gasteiger partial charge in [0, 0.05) is 17.2 Å². The molecule has 0 spiro atoms. The molecule has 0 radical (unpaired) electrons. The van der Waals surface area contributed by atoms with Crippen LogP contribution in [0.2, 0.25) is 0 Å². The third kappa shape index (κ3) is 5.80. The van der Waals surface area contributed by atoms with Gasteiger partial charge in [-0.15, -0.1) is 0 Å². The molecule has 0 heterocycles. The van der Waals surface area contributed by atoms with Crippen LogP contribution in [0.25, 0.3) is 10.8 Å². The van der Waals surface area contributed by atoms with Crippen LogP contribution in [-0.2, 0) is 14.8 Å². The normalized spacial score (nSPS) is 11.4. The first kappa shape index (κ1) is 27.1. The highest BCUT2D eigenvalue weighted by atomic mass is 32.2. The largest absolute Gasteiger partial charge is 0.507 e. The van der Waals surface area contributed by atoms with E-state index < -0.39 is 27.4 Å². The number of hydrogen-bond acceptors (Lipinski definition) is 8. The van der Waals surface area contributed by atoms with Crippen LogP contribution in [0.1, 0.15) is 11.1 Å². The van der Waals surface area contributed by atoms with Gasteiger partial charge in [0.25, 0.3) is 21.6 Å². The lowest BCUT2D eigenvalue weighted by molar-refractivity contribution is -0.385. The van der Waals surface area contributed by atoms with Gasteiger partial charge < -0.3 is 9.84 Å². The first-order valence-electron chi connectivity index (χ1n) is 11.6. The van der Waals surface area contributed by atoms with E-state index in [1.165, 1.54) is 62.7 Å². The van der Waals surface area contributed by atoms with E-state index in [9.17, 15) is 28.4 Å². The number of rotatable bonds is 9. The maximum Gasteiger partial charge on any atom is 0.273 e. The van der Waals surface area contributed by atoms with E-state index in [1.807, 2.05) is 12.1 Å². The number of aryl methyl sites for hydroxylation is 1. The molecule has 11 nitrogen and oxygen atoms in total. The van der Waals surface area contributed by atoms with Gasteiger partial charge in [-0.25, -0.2) is 13.8 Å². The fourth-order valence-electron chi connectivity index (χ4n) is 3.89. The number of phenols is 1. The van der Waals surface area contributed by atoms with Gasteiger partial charge in [-0.05, 0) is 54.1 Å². The van der Waals surface area contributed by atoms with E-state index >= 15 is 0 Å². The molecule has 1 amide bonds. The first-order valence-corrected chi connectivity index (χ1v) is 13.0. The number of ether oxygens (including phenoxy) is 1. The van der Waals surface area contributed by atoms with E-state index in [-0.39, 0.29) is 22.0 Å². The van der Waals surface area contributed by atoms with Crippen molar-refractivity contribution in [3.8, 4) is 11.5 Å². The Hall–Kier alpha value is -4.97. The maximum atomic E-state index is 13.6. The van der Waals surface area contributed by atoms with Crippen LogP contribution in [0.3, 0.4) is 0 Å². The van der Waals surface area contributed by atoms with Crippen LogP contribution >= 0.6 is 0 Å². The highest BCUT2D eigenvalue weighted by Crippen LogP contribution is 2.29. The number of phenolic OH excluding ortho intramolecular Hbond substituents is 1. The summed E-state index contributed by atoms with van der Waals surface area (Å²) in [6.07, 6.45) is 1.27. The molecule has 4 aromatic carbocycles. The number of hydrazone groups is 1. The highest BCUT2D eigenvalue weighted by molar-refractivity contribution is 7.92. The summed E-state index contributed by atoms with van der Waals surface area (Å²) in [5.41, 5.74) is 2.72. The van der Waals surface area contributed by atoms with Crippen molar-refractivity contribution in [1.82, 2.24) is 5.43 Å². The Morgan fingerprint density at radius 1 is 1.10 bits per heavy atom. The van der Waals surface area contributed by atoms with Gasteiger partial charge in [-0.1, -0.05) is 36.4 Å². The van der Waals surface area contributed by atoms with Gasteiger partial charge in [0.05, 0.1) is 28.8 Å². The number of benzene rings is 4. The van der Waals surface area contributed by atoms with Crippen LogP contribution in [0.15, 0.2) is 88.9 Å². The summed E-state index contributed by atoms with van der Waals surface area (Å²) in [4.78, 5) is 23.3. The second-order valence-electron chi connectivity index (χ2n) is 8.43. The number of nitrogens with zero attached hydrogens (tertiary/aromatic N) is 3. The molecule has 0 aliphatic rings. The number of hydrogen-bond donors (Lipinski definition) is 2. The molecule has 39 heavy (non-hydrogen) atoms. The molecule has 4 aromatic rings. The van der Waals surface area contributed by atoms with Gasteiger partial charge in [0.1, 0.15) is 18.0 Å². The quantitative estimate of drug-likeness (QED) is 0.181. The third-order valence-electron chi connectivity index (χ3n) is 5.94. The SMILES string of the molecule is COc1ccc(N(CC(=O)N/N=C/c2c(O)ccc3ccccc23)S(=O)(=O)c2ccc(C)c([N+](=O)[O-])c2)cc1. The van der Waals surface area contributed by atoms with Crippen molar-refractivity contribution in [1.29, 1.82) is 0 Å². The molecule has 0 bridgehead atoms. The summed E-state index contributed by atoms with van der Waals surface area (Å²) in [5, 5.41) is 27.2. The van der Waals surface area contributed by atoms with Crippen molar-refractivity contribution in [2.75, 3.05) is 18.0 Å². The van der Waals surface area contributed by atoms with Crippen LogP contribution < -0.4 is 14.5 Å². The van der Waals surface area contributed by atoms with Gasteiger partial charge in [-0.3, -0.25) is 19.2 Å². The minimum absolute atomic E-state index is 0.0462. The van der Waals surface area contributed by atoms with Crippen LogP contribution in [0, 0.1) is 17.0 Å². The molecule has 0 saturated heterocycles. The van der Waals surface area contributed by atoms with E-state index in [0.717, 1.165) is 15.8 Å². The van der Waals surface area contributed by atoms with Gasteiger partial charge in [-0.2, -0.15) is 5.10 Å². The van der Waals surface area contributed by atoms with Crippen LogP contribution in [-0.4, -0.2) is 44.2 Å². The number of methoxy groups -OCH3 is 1. The Labute approximate surface area is 224 Å². The Bertz CT molecular complexity index is 1690. The van der Waals surface area contributed by atoms with Gasteiger partial charge in [0.15, 0.2) is 0 Å². The molecule has 0 atom stereocenters. The molecule has 0 saturated carbocycles. The predicted molar refractivity (Wildman–Crippen MR) is 147 cm³/mol. The molecular formula is C27H24N4O7S. The molecule has 0 aliphatic heterocycles. The number of carbonyl (C=O) groups excluding carboxylic acids is 1. The molecule has 12 heteroatoms.